The summed E-state index contributed by atoms with van der Waals surface area (Å²) in [5.41, 5.74) is 4.86. The van der Waals surface area contributed by atoms with Crippen LogP contribution in [0.4, 0.5) is 0 Å². The summed E-state index contributed by atoms with van der Waals surface area (Å²) >= 11 is 1.64. The number of hydrogen-bond donors (Lipinski definition) is 0. The number of fused-ring (bicyclic) bond motifs is 6. The number of carbonyl (C=O) groups excluding carboxylic acids is 3. The molecule has 324 valence electrons. The van der Waals surface area contributed by atoms with Crippen LogP contribution < -0.4 is 0 Å². The Morgan fingerprint density at radius 1 is 0.455 bits per heavy atom. The predicted molar refractivity (Wildman–Crippen MR) is 247 cm³/mol. The van der Waals surface area contributed by atoms with Gasteiger partial charge in [-0.15, -0.1) is 0 Å². The average Bonchev–Trinajstić information content (AvgIpc) is 3.36. The third kappa shape index (κ3) is 8.36. The van der Waals surface area contributed by atoms with Gasteiger partial charge in [0.15, 0.2) is 0 Å². The molecule has 0 atom stereocenters. The average molecular weight is 928 g/mol. The minimum Gasteiger partial charge on any atom is -0.474 e. The summed E-state index contributed by atoms with van der Waals surface area (Å²) in [5.74, 6) is -2.09. The predicted octanol–water partition coefficient (Wildman–Crippen LogP) is 9.71. The van der Waals surface area contributed by atoms with Crippen molar-refractivity contribution >= 4 is 67.0 Å². The van der Waals surface area contributed by atoms with Gasteiger partial charge in [0.2, 0.25) is 9.84 Å². The van der Waals surface area contributed by atoms with Crippen molar-refractivity contribution in [2.75, 3.05) is 21.3 Å². The highest BCUT2D eigenvalue weighted by Gasteiger charge is 2.35. The van der Waals surface area contributed by atoms with E-state index in [1.165, 1.54) is 33.5 Å². The van der Waals surface area contributed by atoms with Crippen LogP contribution in [-0.4, -0.2) is 51.9 Å². The van der Waals surface area contributed by atoms with Gasteiger partial charge in [-0.1, -0.05) is 121 Å². The summed E-state index contributed by atoms with van der Waals surface area (Å²) in [5, 5.41) is 0. The molecule has 0 saturated carbocycles. The Morgan fingerprint density at radius 2 is 0.742 bits per heavy atom. The molecule has 6 aromatic carbocycles. The van der Waals surface area contributed by atoms with E-state index in [1.54, 1.807) is 96.7 Å². The molecule has 3 heterocycles. The van der Waals surface area contributed by atoms with E-state index in [0.717, 1.165) is 20.9 Å². The van der Waals surface area contributed by atoms with E-state index in [0.29, 0.717) is 43.2 Å². The Bertz CT molecular complexity index is 3230. The molecule has 0 aliphatic carbocycles. The molecule has 6 aromatic rings. The Labute approximate surface area is 387 Å². The van der Waals surface area contributed by atoms with Gasteiger partial charge in [-0.2, -0.15) is 0 Å². The third-order valence-electron chi connectivity index (χ3n) is 10.3. The molecule has 66 heavy (non-hydrogen) atoms. The minimum absolute atomic E-state index is 0.0256. The van der Waals surface area contributed by atoms with Crippen molar-refractivity contribution in [3.63, 3.8) is 0 Å². The Hall–Kier alpha value is -8.13. The van der Waals surface area contributed by atoms with E-state index in [1.807, 2.05) is 48.5 Å². The van der Waals surface area contributed by atoms with Gasteiger partial charge in [0.05, 0.1) is 71.4 Å². The van der Waals surface area contributed by atoms with Crippen molar-refractivity contribution in [1.82, 2.24) is 0 Å². The number of benzene rings is 6. The quantitative estimate of drug-likeness (QED) is 0.0727. The molecule has 0 unspecified atom stereocenters. The molecule has 0 amide bonds. The van der Waals surface area contributed by atoms with Crippen LogP contribution in [0.2, 0.25) is 0 Å². The first kappa shape index (κ1) is 45.9. The van der Waals surface area contributed by atoms with E-state index in [-0.39, 0.29) is 32.5 Å². The smallest absolute Gasteiger partial charge is 0.336 e. The van der Waals surface area contributed by atoms with Crippen LogP contribution in [0.5, 0.6) is 0 Å². The molecule has 15 heteroatoms. The first-order chi connectivity index (χ1) is 32.0. The van der Waals surface area contributed by atoms with Gasteiger partial charge in [-0.05, 0) is 69.8 Å². The standard InChI is InChI=1S/C17H11NO4S.C17H11NO3S.C17H11NO2S/c1-18-16(17(19)22-2)15-11-7-3-5-9-13(11)23(20,21)14-10-6-4-8-12(14)15;1-18-16(17(19)21-2)15-11-7-3-5-9-13(11)22(20)14-10-6-4-8-12(14)15;1-18-16(17(19)20-2)15-11-7-3-5-9-13(11)21-14-10-6-4-8-12(14)15/h3-10H,2H3;3-10H,2H3;3-10H,2H3. The van der Waals surface area contributed by atoms with Crippen LogP contribution in [0.15, 0.2) is 192 Å². The maximum Gasteiger partial charge on any atom is 0.336 e. The summed E-state index contributed by atoms with van der Waals surface area (Å²) in [6.45, 7) is 22.1. The van der Waals surface area contributed by atoms with Crippen LogP contribution >= 0.6 is 11.8 Å². The van der Waals surface area contributed by atoms with E-state index < -0.39 is 38.5 Å². The topological polar surface area (TPSA) is 143 Å². The lowest BCUT2D eigenvalue weighted by Gasteiger charge is -2.23. The lowest BCUT2D eigenvalue weighted by molar-refractivity contribution is -0.136. The Morgan fingerprint density at radius 3 is 1.11 bits per heavy atom. The van der Waals surface area contributed by atoms with Crippen LogP contribution in [-0.2, 0) is 49.2 Å². The van der Waals surface area contributed by atoms with Gasteiger partial charge in [0.1, 0.15) is 0 Å². The number of carbonyl (C=O) groups is 3. The number of sulfone groups is 1. The fourth-order valence-electron chi connectivity index (χ4n) is 7.47. The van der Waals surface area contributed by atoms with Crippen LogP contribution in [0.25, 0.3) is 31.3 Å². The van der Waals surface area contributed by atoms with E-state index >= 15 is 0 Å². The molecule has 0 bridgehead atoms. The fraction of sp³-hybridized carbons (Fsp3) is 0.0588. The fourth-order valence-corrected chi connectivity index (χ4v) is 11.6. The molecule has 0 radical (unpaired) electrons. The molecular weight excluding hydrogens is 895 g/mol. The highest BCUT2D eigenvalue weighted by Crippen LogP contribution is 2.47. The third-order valence-corrected chi connectivity index (χ3v) is 14.9. The summed E-state index contributed by atoms with van der Waals surface area (Å²) in [6, 6.07) is 42.5. The van der Waals surface area contributed by atoms with Crippen molar-refractivity contribution in [3.8, 4) is 0 Å². The minimum atomic E-state index is -3.70. The van der Waals surface area contributed by atoms with Crippen molar-refractivity contribution in [1.29, 1.82) is 0 Å². The molecular formula is C51H33N3O9S3. The zero-order valence-corrected chi connectivity index (χ0v) is 37.5. The molecule has 0 spiro atoms. The first-order valence-electron chi connectivity index (χ1n) is 19.5. The Balaban J connectivity index is 0.000000147. The maximum absolute atomic E-state index is 12.8. The maximum atomic E-state index is 12.8. The summed E-state index contributed by atoms with van der Waals surface area (Å²) in [6.07, 6.45) is 0. The van der Waals surface area contributed by atoms with Gasteiger partial charge in [0.25, 0.3) is 17.1 Å². The number of nitrogens with zero attached hydrogens (tertiary/aromatic N) is 3. The van der Waals surface area contributed by atoms with Gasteiger partial charge in [-0.25, -0.2) is 27.2 Å². The second-order valence-electron chi connectivity index (χ2n) is 13.8. The molecule has 0 aromatic heterocycles. The van der Waals surface area contributed by atoms with Crippen molar-refractivity contribution in [2.45, 2.75) is 29.4 Å². The second kappa shape index (κ2) is 19.7. The zero-order valence-electron chi connectivity index (χ0n) is 35.1. The van der Waals surface area contributed by atoms with Gasteiger partial charge >= 0.3 is 17.9 Å². The molecule has 9 rings (SSSR count). The normalized spacial score (nSPS) is 13.8. The number of hydrogen-bond acceptors (Lipinski definition) is 10. The second-order valence-corrected chi connectivity index (χ2v) is 18.2. The monoisotopic (exact) mass is 927 g/mol. The van der Waals surface area contributed by atoms with Crippen LogP contribution in [0.1, 0.15) is 33.4 Å². The van der Waals surface area contributed by atoms with Crippen LogP contribution in [0, 0.1) is 19.7 Å². The van der Waals surface area contributed by atoms with Crippen LogP contribution in [0.3, 0.4) is 0 Å². The van der Waals surface area contributed by atoms with Gasteiger partial charge in [0, 0.05) is 26.5 Å². The van der Waals surface area contributed by atoms with E-state index in [4.69, 9.17) is 29.2 Å². The summed E-state index contributed by atoms with van der Waals surface area (Å²) in [7, 11) is -1.31. The van der Waals surface area contributed by atoms with Crippen molar-refractivity contribution in [2.24, 2.45) is 0 Å². The Kier molecular flexibility index (Phi) is 13.7. The highest BCUT2D eigenvalue weighted by atomic mass is 32.2. The van der Waals surface area contributed by atoms with E-state index in [9.17, 15) is 27.0 Å². The lowest BCUT2D eigenvalue weighted by Crippen LogP contribution is -2.16. The molecule has 3 aliphatic heterocycles. The molecule has 12 nitrogen and oxygen atoms in total. The number of methoxy groups -OCH3 is 3. The first-order valence-corrected chi connectivity index (χ1v) is 22.9. The van der Waals surface area contributed by atoms with Crippen molar-refractivity contribution < 1.29 is 41.2 Å². The molecule has 0 fully saturated rings. The highest BCUT2D eigenvalue weighted by molar-refractivity contribution is 7.99. The molecule has 0 N–H and O–H groups in total. The van der Waals surface area contributed by atoms with Gasteiger partial charge < -0.3 is 14.2 Å². The summed E-state index contributed by atoms with van der Waals surface area (Å²) in [4.78, 5) is 49.4. The molecule has 3 aliphatic rings. The van der Waals surface area contributed by atoms with Crippen molar-refractivity contribution in [3.05, 3.63) is 230 Å². The summed E-state index contributed by atoms with van der Waals surface area (Å²) < 4.78 is 52.4. The SMILES string of the molecule is [C-]#[N+]C(C(=O)OC)=C1c2ccccc2S(=O)(=O)c2ccccc21.[C-]#[N+]C(C(=O)OC)=C1c2ccccc2S(=O)c2ccccc21.[C-]#[N+]C(C(=O)OC)=C1c2ccccc2Sc2ccccc21. The largest absolute Gasteiger partial charge is 0.474 e. The van der Waals surface area contributed by atoms with E-state index in [2.05, 4.69) is 19.3 Å². The van der Waals surface area contributed by atoms with Gasteiger partial charge in [-0.3, -0.25) is 14.4 Å². The number of ether oxygens (including phenoxy) is 3. The number of esters is 3. The molecule has 0 saturated heterocycles. The number of rotatable bonds is 3. The zero-order chi connectivity index (χ0) is 47.1. The lowest BCUT2D eigenvalue weighted by atomic mass is 9.95.